The van der Waals surface area contributed by atoms with Crippen LogP contribution >= 0.6 is 0 Å². The Morgan fingerprint density at radius 2 is 1.74 bits per heavy atom. The second-order valence-corrected chi connectivity index (χ2v) is 5.85. The van der Waals surface area contributed by atoms with Gasteiger partial charge in [0.25, 0.3) is 0 Å². The average molecular weight is 271 g/mol. The normalized spacial score (nSPS) is 22.6. The number of nitrogens with one attached hydrogen (secondary N) is 1. The van der Waals surface area contributed by atoms with Crippen LogP contribution in [0.4, 0.5) is 0 Å². The number of ether oxygens (including phenoxy) is 3. The van der Waals surface area contributed by atoms with Gasteiger partial charge in [-0.2, -0.15) is 0 Å². The maximum atomic E-state index is 6.20. The maximum absolute atomic E-state index is 6.20. The molecule has 0 atom stereocenters. The van der Waals surface area contributed by atoms with E-state index in [1.807, 2.05) is 0 Å². The van der Waals surface area contributed by atoms with Crippen molar-refractivity contribution in [3.63, 3.8) is 0 Å². The lowest BCUT2D eigenvalue weighted by Crippen LogP contribution is -2.46. The molecule has 0 heterocycles. The first-order chi connectivity index (χ1) is 9.35. The third-order valence-corrected chi connectivity index (χ3v) is 4.12. The zero-order chi connectivity index (χ0) is 13.4. The van der Waals surface area contributed by atoms with Crippen LogP contribution < -0.4 is 5.32 Å². The Hall–Kier alpha value is -0.160. The highest BCUT2D eigenvalue weighted by Gasteiger charge is 2.34. The van der Waals surface area contributed by atoms with Crippen LogP contribution in [-0.4, -0.2) is 51.7 Å². The van der Waals surface area contributed by atoms with Crippen LogP contribution in [0, 0.1) is 0 Å². The lowest BCUT2D eigenvalue weighted by molar-refractivity contribution is -0.0884. The number of rotatable bonds is 10. The first-order valence-corrected chi connectivity index (χ1v) is 7.79. The molecule has 0 aromatic rings. The molecule has 0 aromatic carbocycles. The summed E-state index contributed by atoms with van der Waals surface area (Å²) in [4.78, 5) is 0. The standard InChI is InChI=1S/C15H29NO3/c1-17-9-10-18-11-12-19-15(7-3-2-4-8-15)13-16-14-5-6-14/h14,16H,2-13H2,1H3. The highest BCUT2D eigenvalue weighted by Crippen LogP contribution is 2.32. The van der Waals surface area contributed by atoms with Crippen LogP contribution in [0.15, 0.2) is 0 Å². The van der Waals surface area contributed by atoms with E-state index in [1.165, 1.54) is 44.9 Å². The van der Waals surface area contributed by atoms with Gasteiger partial charge in [-0.25, -0.2) is 0 Å². The Morgan fingerprint density at radius 1 is 1.00 bits per heavy atom. The van der Waals surface area contributed by atoms with Gasteiger partial charge in [0.1, 0.15) is 0 Å². The predicted octanol–water partition coefficient (Wildman–Crippen LogP) is 2.12. The molecule has 0 spiro atoms. The van der Waals surface area contributed by atoms with Crippen LogP contribution in [0.5, 0.6) is 0 Å². The van der Waals surface area contributed by atoms with Crippen molar-refractivity contribution in [3.8, 4) is 0 Å². The van der Waals surface area contributed by atoms with Gasteiger partial charge in [0, 0.05) is 19.7 Å². The summed E-state index contributed by atoms with van der Waals surface area (Å²) in [7, 11) is 1.69. The van der Waals surface area contributed by atoms with Gasteiger partial charge in [0.05, 0.1) is 32.0 Å². The monoisotopic (exact) mass is 271 g/mol. The van der Waals surface area contributed by atoms with Gasteiger partial charge in [-0.1, -0.05) is 19.3 Å². The van der Waals surface area contributed by atoms with Crippen LogP contribution in [0.3, 0.4) is 0 Å². The third-order valence-electron chi connectivity index (χ3n) is 4.12. The average Bonchev–Trinajstić information content (AvgIpc) is 3.26. The van der Waals surface area contributed by atoms with E-state index in [-0.39, 0.29) is 5.60 Å². The topological polar surface area (TPSA) is 39.7 Å². The van der Waals surface area contributed by atoms with Crippen molar-refractivity contribution in [2.75, 3.05) is 40.1 Å². The van der Waals surface area contributed by atoms with Gasteiger partial charge in [-0.15, -0.1) is 0 Å². The molecule has 2 saturated carbocycles. The number of hydrogen-bond donors (Lipinski definition) is 1. The molecule has 112 valence electrons. The SMILES string of the molecule is COCCOCCOC1(CNC2CC2)CCCCC1. The quantitative estimate of drug-likeness (QED) is 0.618. The van der Waals surface area contributed by atoms with Gasteiger partial charge < -0.3 is 19.5 Å². The van der Waals surface area contributed by atoms with E-state index >= 15 is 0 Å². The predicted molar refractivity (Wildman–Crippen MR) is 75.5 cm³/mol. The van der Waals surface area contributed by atoms with Gasteiger partial charge in [-0.3, -0.25) is 0 Å². The van der Waals surface area contributed by atoms with Crippen molar-refractivity contribution in [2.45, 2.75) is 56.6 Å². The minimum absolute atomic E-state index is 0.0749. The fourth-order valence-electron chi connectivity index (χ4n) is 2.75. The molecule has 4 nitrogen and oxygen atoms in total. The number of hydrogen-bond acceptors (Lipinski definition) is 4. The molecule has 0 radical (unpaired) electrons. The van der Waals surface area contributed by atoms with Gasteiger partial charge in [-0.05, 0) is 25.7 Å². The van der Waals surface area contributed by atoms with E-state index in [0.717, 1.165) is 12.6 Å². The van der Waals surface area contributed by atoms with Gasteiger partial charge >= 0.3 is 0 Å². The molecule has 0 amide bonds. The molecule has 0 unspecified atom stereocenters. The summed E-state index contributed by atoms with van der Waals surface area (Å²) in [6, 6.07) is 0.764. The van der Waals surface area contributed by atoms with Crippen molar-refractivity contribution in [1.82, 2.24) is 5.32 Å². The van der Waals surface area contributed by atoms with Crippen molar-refractivity contribution in [3.05, 3.63) is 0 Å². The fourth-order valence-corrected chi connectivity index (χ4v) is 2.75. The molecule has 0 aliphatic heterocycles. The molecule has 1 N–H and O–H groups in total. The molecule has 0 bridgehead atoms. The largest absolute Gasteiger partial charge is 0.382 e. The van der Waals surface area contributed by atoms with E-state index in [1.54, 1.807) is 7.11 Å². The van der Waals surface area contributed by atoms with Gasteiger partial charge in [0.15, 0.2) is 0 Å². The first-order valence-electron chi connectivity index (χ1n) is 7.79. The molecule has 2 fully saturated rings. The summed E-state index contributed by atoms with van der Waals surface area (Å²) in [6.07, 6.45) is 9.05. The highest BCUT2D eigenvalue weighted by molar-refractivity contribution is 4.91. The Labute approximate surface area is 117 Å². The molecular weight excluding hydrogens is 242 g/mol. The molecular formula is C15H29NO3. The van der Waals surface area contributed by atoms with Crippen molar-refractivity contribution < 1.29 is 14.2 Å². The maximum Gasteiger partial charge on any atom is 0.0807 e. The molecule has 2 aliphatic rings. The zero-order valence-electron chi connectivity index (χ0n) is 12.3. The molecule has 2 aliphatic carbocycles. The minimum Gasteiger partial charge on any atom is -0.382 e. The Balaban J connectivity index is 1.64. The van der Waals surface area contributed by atoms with Crippen molar-refractivity contribution >= 4 is 0 Å². The van der Waals surface area contributed by atoms with Gasteiger partial charge in [0.2, 0.25) is 0 Å². The van der Waals surface area contributed by atoms with E-state index in [9.17, 15) is 0 Å². The highest BCUT2D eigenvalue weighted by atomic mass is 16.5. The third kappa shape index (κ3) is 5.78. The van der Waals surface area contributed by atoms with Crippen LogP contribution in [0.25, 0.3) is 0 Å². The van der Waals surface area contributed by atoms with Crippen LogP contribution in [-0.2, 0) is 14.2 Å². The van der Waals surface area contributed by atoms with Crippen LogP contribution in [0.2, 0.25) is 0 Å². The Bertz CT molecular complexity index is 238. The summed E-state index contributed by atoms with van der Waals surface area (Å²) < 4.78 is 16.6. The Kier molecular flexibility index (Phi) is 6.57. The summed E-state index contributed by atoms with van der Waals surface area (Å²) in [6.45, 7) is 3.72. The first kappa shape index (κ1) is 15.2. The van der Waals surface area contributed by atoms with E-state index in [4.69, 9.17) is 14.2 Å². The molecule has 0 saturated heterocycles. The van der Waals surface area contributed by atoms with E-state index < -0.39 is 0 Å². The van der Waals surface area contributed by atoms with E-state index in [0.29, 0.717) is 26.4 Å². The summed E-state index contributed by atoms with van der Waals surface area (Å²) >= 11 is 0. The fraction of sp³-hybridized carbons (Fsp3) is 1.00. The second kappa shape index (κ2) is 8.20. The van der Waals surface area contributed by atoms with Crippen LogP contribution in [0.1, 0.15) is 44.9 Å². The molecule has 4 heteroatoms. The molecule has 19 heavy (non-hydrogen) atoms. The Morgan fingerprint density at radius 3 is 2.42 bits per heavy atom. The van der Waals surface area contributed by atoms with Crippen molar-refractivity contribution in [1.29, 1.82) is 0 Å². The number of methoxy groups -OCH3 is 1. The summed E-state index contributed by atoms with van der Waals surface area (Å²) in [5.41, 5.74) is 0.0749. The molecule has 0 aromatic heterocycles. The lowest BCUT2D eigenvalue weighted by atomic mass is 9.84. The van der Waals surface area contributed by atoms with E-state index in [2.05, 4.69) is 5.32 Å². The second-order valence-electron chi connectivity index (χ2n) is 5.85. The smallest absolute Gasteiger partial charge is 0.0807 e. The van der Waals surface area contributed by atoms with Crippen molar-refractivity contribution in [2.24, 2.45) is 0 Å². The molecule has 2 rings (SSSR count). The summed E-state index contributed by atoms with van der Waals surface area (Å²) in [5, 5.41) is 3.64. The lowest BCUT2D eigenvalue weighted by Gasteiger charge is -2.37. The summed E-state index contributed by atoms with van der Waals surface area (Å²) in [5.74, 6) is 0. The zero-order valence-corrected chi connectivity index (χ0v) is 12.3. The minimum atomic E-state index is 0.0749.